The number of aliphatic hydroxyl groups is 2. The minimum atomic E-state index is -3.87. The van der Waals surface area contributed by atoms with E-state index in [1.807, 2.05) is 24.3 Å². The van der Waals surface area contributed by atoms with E-state index in [-0.39, 0.29) is 71.7 Å². The SMILES string of the molecule is COC[C@@](C)(C/C=C/[C@H](O)[C@@H]1CC[C@H]1CN1C[C@@]2(CCCc3cc(Cl)ccc32)COc2ccc(C(=O)O)cc21)S(N)(=O)=O.COC[C@](C)(C/C=C/[C@H](O)[C@@H]1CC[C@H]1CN1C[C@@]2(CCCc3cc(Cl)ccc32)COc2ccc(C(=O)O)cc21)S(N)(=O)=O. The normalized spacial score (nSPS) is 25.7. The number of aryl methyl sites for hydroxylation is 2. The van der Waals surface area contributed by atoms with Crippen LogP contribution in [-0.4, -0.2) is 138 Å². The molecule has 10 rings (SSSR count). The van der Waals surface area contributed by atoms with Gasteiger partial charge in [0, 0.05) is 61.3 Å². The van der Waals surface area contributed by atoms with E-state index < -0.39 is 53.7 Å². The molecule has 0 unspecified atom stereocenters. The number of ether oxygens (including phenoxy) is 4. The number of hydrogen-bond donors (Lipinski definition) is 6. The molecule has 4 aliphatic carbocycles. The highest BCUT2D eigenvalue weighted by atomic mass is 35.5. The Morgan fingerprint density at radius 1 is 0.651 bits per heavy atom. The zero-order chi connectivity index (χ0) is 62.0. The van der Waals surface area contributed by atoms with Gasteiger partial charge in [0.15, 0.2) is 0 Å². The molecule has 2 fully saturated rings. The second-order valence-corrected chi connectivity index (χ2v) is 30.3. The highest BCUT2D eigenvalue weighted by molar-refractivity contribution is 7.90. The third kappa shape index (κ3) is 13.9. The van der Waals surface area contributed by atoms with Gasteiger partial charge in [-0.3, -0.25) is 0 Å². The summed E-state index contributed by atoms with van der Waals surface area (Å²) in [7, 11) is -4.89. The van der Waals surface area contributed by atoms with Gasteiger partial charge in [0.2, 0.25) is 20.0 Å². The van der Waals surface area contributed by atoms with Crippen LogP contribution in [0.5, 0.6) is 11.5 Å². The number of aromatic carboxylic acids is 2. The van der Waals surface area contributed by atoms with Gasteiger partial charge in [-0.2, -0.15) is 0 Å². The number of primary sulfonamides is 2. The summed E-state index contributed by atoms with van der Waals surface area (Å²) in [5.41, 5.74) is 6.19. The maximum absolute atomic E-state index is 12.2. The van der Waals surface area contributed by atoms with E-state index in [2.05, 4.69) is 21.9 Å². The molecule has 18 nitrogen and oxygen atoms in total. The molecule has 2 aliphatic heterocycles. The molecule has 0 saturated heterocycles. The summed E-state index contributed by atoms with van der Waals surface area (Å²) < 4.78 is 69.1. The highest BCUT2D eigenvalue weighted by Gasteiger charge is 2.47. The van der Waals surface area contributed by atoms with Crippen molar-refractivity contribution in [2.45, 2.75) is 123 Å². The van der Waals surface area contributed by atoms with Gasteiger partial charge in [-0.1, -0.05) is 59.6 Å². The lowest BCUT2D eigenvalue weighted by molar-refractivity contribution is 0.0453. The van der Waals surface area contributed by atoms with Crippen LogP contribution in [0.15, 0.2) is 97.1 Å². The van der Waals surface area contributed by atoms with Crippen LogP contribution in [0.2, 0.25) is 10.0 Å². The van der Waals surface area contributed by atoms with Crippen LogP contribution in [0.1, 0.15) is 121 Å². The number of carboxylic acid groups (broad SMARTS) is 2. The number of anilines is 2. The van der Waals surface area contributed by atoms with Gasteiger partial charge in [0.05, 0.1) is 61.1 Å². The number of rotatable bonds is 20. The van der Waals surface area contributed by atoms with Crippen LogP contribution < -0.4 is 29.6 Å². The maximum atomic E-state index is 12.2. The predicted molar refractivity (Wildman–Crippen MR) is 333 cm³/mol. The number of carboxylic acids is 2. The first-order valence-corrected chi connectivity index (χ1v) is 33.4. The summed E-state index contributed by atoms with van der Waals surface area (Å²) in [5, 5.41) is 54.1. The number of halogens is 2. The second-order valence-electron chi connectivity index (χ2n) is 25.3. The van der Waals surface area contributed by atoms with E-state index in [0.717, 1.165) is 75.6 Å². The van der Waals surface area contributed by atoms with Crippen LogP contribution in [0, 0.1) is 23.7 Å². The van der Waals surface area contributed by atoms with Gasteiger partial charge in [-0.05, 0) is 197 Å². The number of sulfonamides is 2. The Bertz CT molecular complexity index is 3220. The van der Waals surface area contributed by atoms with Gasteiger partial charge >= 0.3 is 11.9 Å². The topological polar surface area (TPSA) is 279 Å². The molecule has 86 heavy (non-hydrogen) atoms. The van der Waals surface area contributed by atoms with E-state index in [4.69, 9.17) is 52.4 Å². The number of aliphatic hydroxyl groups excluding tert-OH is 2. The summed E-state index contributed by atoms with van der Waals surface area (Å²) in [6.07, 6.45) is 14.7. The lowest BCUT2D eigenvalue weighted by Gasteiger charge is -2.45. The van der Waals surface area contributed by atoms with Gasteiger partial charge in [0.1, 0.15) is 21.0 Å². The molecule has 22 heteroatoms. The molecule has 4 aromatic rings. The van der Waals surface area contributed by atoms with E-state index >= 15 is 0 Å². The first kappa shape index (κ1) is 65.2. The summed E-state index contributed by atoms with van der Waals surface area (Å²) >= 11 is 12.7. The Morgan fingerprint density at radius 2 is 1.05 bits per heavy atom. The van der Waals surface area contributed by atoms with Gasteiger partial charge < -0.3 is 49.2 Å². The van der Waals surface area contributed by atoms with Crippen LogP contribution in [0.4, 0.5) is 11.4 Å². The third-order valence-electron chi connectivity index (χ3n) is 19.3. The minimum absolute atomic E-state index is 0.0249. The zero-order valence-electron chi connectivity index (χ0n) is 49.3. The molecule has 6 aliphatic rings. The predicted octanol–water partition coefficient (Wildman–Crippen LogP) is 9.08. The number of nitrogens with zero attached hydrogens (tertiary/aromatic N) is 2. The third-order valence-corrected chi connectivity index (χ3v) is 23.1. The molecular formula is C64H82Cl2N4O14S2. The lowest BCUT2D eigenvalue weighted by atomic mass is 9.68. The Morgan fingerprint density at radius 3 is 1.38 bits per heavy atom. The number of benzene rings is 4. The van der Waals surface area contributed by atoms with Crippen molar-refractivity contribution in [3.63, 3.8) is 0 Å². The molecule has 468 valence electrons. The van der Waals surface area contributed by atoms with Gasteiger partial charge in [-0.15, -0.1) is 0 Å². The van der Waals surface area contributed by atoms with Crippen molar-refractivity contribution in [3.05, 3.63) is 141 Å². The van der Waals surface area contributed by atoms with Crippen LogP contribution in [0.25, 0.3) is 0 Å². The fourth-order valence-electron chi connectivity index (χ4n) is 13.9. The van der Waals surface area contributed by atoms with Crippen LogP contribution in [0.3, 0.4) is 0 Å². The molecule has 2 saturated carbocycles. The molecule has 4 aromatic carbocycles. The molecule has 10 atom stereocenters. The summed E-state index contributed by atoms with van der Waals surface area (Å²) in [5.74, 6) is -0.450. The molecule has 0 bridgehead atoms. The number of carbonyl (C=O) groups is 2. The summed E-state index contributed by atoms with van der Waals surface area (Å²) in [6, 6.07) is 22.2. The number of hydrogen-bond acceptors (Lipinski definition) is 14. The van der Waals surface area contributed by atoms with Gasteiger partial charge in [0.25, 0.3) is 0 Å². The lowest BCUT2D eigenvalue weighted by Crippen LogP contribution is -2.49. The van der Waals surface area contributed by atoms with Crippen molar-refractivity contribution >= 4 is 66.6 Å². The fourth-order valence-corrected chi connectivity index (χ4v) is 15.5. The molecular weight excluding hydrogens is 1180 g/mol. The Labute approximate surface area is 515 Å². The highest BCUT2D eigenvalue weighted by Crippen LogP contribution is 2.49. The number of nitrogens with two attached hydrogens (primary N) is 2. The fraction of sp³-hybridized carbons (Fsp3) is 0.531. The second kappa shape index (κ2) is 26.4. The molecule has 0 amide bonds. The Hall–Kier alpha value is -5.26. The van der Waals surface area contributed by atoms with E-state index in [1.165, 1.54) is 50.3 Å². The van der Waals surface area contributed by atoms with E-state index in [0.29, 0.717) is 60.9 Å². The average molecular weight is 1270 g/mol. The molecule has 0 aromatic heterocycles. The van der Waals surface area contributed by atoms with E-state index in [9.17, 15) is 46.9 Å². The minimum Gasteiger partial charge on any atom is -0.490 e. The van der Waals surface area contributed by atoms with E-state index in [1.54, 1.807) is 60.7 Å². The van der Waals surface area contributed by atoms with Crippen molar-refractivity contribution in [2.24, 2.45) is 33.9 Å². The van der Waals surface area contributed by atoms with Crippen molar-refractivity contribution in [3.8, 4) is 11.5 Å². The van der Waals surface area contributed by atoms with Crippen molar-refractivity contribution in [1.29, 1.82) is 0 Å². The monoisotopic (exact) mass is 1260 g/mol. The number of allylic oxidation sites excluding steroid dienone is 2. The average Bonchev–Trinajstić information content (AvgIpc) is 1.50. The maximum Gasteiger partial charge on any atom is 0.335 e. The first-order valence-electron chi connectivity index (χ1n) is 29.5. The van der Waals surface area contributed by atoms with Crippen LogP contribution in [-0.2, 0) is 53.2 Å². The standard InChI is InChI=1S/2C32H41ClN2O7S/c2*1-31(19-41-2,43(34,39)40)13-4-6-28(36)25-10-7-23(25)17-35-18-32(14-3-5-21-15-24(33)9-11-26(21)32)20-42-29-12-8-22(30(37)38)16-27(29)35/h2*4,6,8-9,11-12,15-16,23,25,28,36H,3,5,7,10,13-14,17-20H2,1-2H3,(H,37,38)(H2,34,39,40)/b2*6-4+/t23-,25+,28-,31+,32-;23-,25+,28-,31-,32-/m00/s1. The first-order chi connectivity index (χ1) is 40.7. The van der Waals surface area contributed by atoms with Crippen molar-refractivity contribution in [2.75, 3.05) is 76.6 Å². The Balaban J connectivity index is 0.000000205. The number of methoxy groups -OCH3 is 2. The van der Waals surface area contributed by atoms with Crippen LogP contribution >= 0.6 is 23.2 Å². The molecule has 2 spiro atoms. The summed E-state index contributed by atoms with van der Waals surface area (Å²) in [6.45, 7) is 6.46. The van der Waals surface area contributed by atoms with Crippen molar-refractivity contribution in [1.82, 2.24) is 0 Å². The Kier molecular flexibility index (Phi) is 20.0. The smallest absolute Gasteiger partial charge is 0.335 e. The largest absolute Gasteiger partial charge is 0.490 e. The van der Waals surface area contributed by atoms with Gasteiger partial charge in [-0.25, -0.2) is 36.7 Å². The molecule has 2 heterocycles. The quantitative estimate of drug-likeness (QED) is 0.0450. The zero-order valence-corrected chi connectivity index (χ0v) is 52.5. The summed E-state index contributed by atoms with van der Waals surface area (Å²) in [4.78, 5) is 28.3. The van der Waals surface area contributed by atoms with Crippen molar-refractivity contribution < 1.29 is 65.8 Å². The number of fused-ring (bicyclic) bond motifs is 6. The molecule has 8 N–H and O–H groups in total. The molecule has 0 radical (unpaired) electrons.